The van der Waals surface area contributed by atoms with E-state index in [1.54, 1.807) is 42.5 Å². The second kappa shape index (κ2) is 9.77. The molecule has 0 N–H and O–H groups in total. The highest BCUT2D eigenvalue weighted by Crippen LogP contribution is 2.65. The van der Waals surface area contributed by atoms with Gasteiger partial charge < -0.3 is 18.5 Å². The second-order valence-electron chi connectivity index (χ2n) is 6.71. The number of hydrogen-bond donors (Lipinski definition) is 0. The van der Waals surface area contributed by atoms with Crippen molar-refractivity contribution in [2.75, 3.05) is 26.4 Å². The molecule has 0 radical (unpaired) electrons. The Morgan fingerprint density at radius 1 is 1.00 bits per heavy atom. The summed E-state index contributed by atoms with van der Waals surface area (Å²) in [6.07, 6.45) is -0.744. The fourth-order valence-electron chi connectivity index (χ4n) is 3.32. The van der Waals surface area contributed by atoms with Crippen molar-refractivity contribution in [1.82, 2.24) is 0 Å². The van der Waals surface area contributed by atoms with Gasteiger partial charge in [0.15, 0.2) is 11.5 Å². The summed E-state index contributed by atoms with van der Waals surface area (Å²) in [6.45, 7) is 3.56. The number of fused-ring (bicyclic) bond motifs is 1. The highest BCUT2D eigenvalue weighted by Gasteiger charge is 2.54. The largest absolute Gasteiger partial charge is 0.486 e. The first-order chi connectivity index (χ1) is 14.3. The van der Waals surface area contributed by atoms with Crippen molar-refractivity contribution >= 4 is 23.5 Å². The van der Waals surface area contributed by atoms with Gasteiger partial charge in [0.05, 0.1) is 13.2 Å². The summed E-state index contributed by atoms with van der Waals surface area (Å²) in [6, 6.07) is 12.2. The van der Waals surface area contributed by atoms with Crippen molar-refractivity contribution in [2.24, 2.45) is 0 Å². The van der Waals surface area contributed by atoms with E-state index in [-0.39, 0.29) is 13.2 Å². The Hall–Kier alpha value is -1.47. The van der Waals surface area contributed by atoms with Gasteiger partial charge in [-0.3, -0.25) is 4.57 Å². The monoisotopic (exact) mass is 504 g/mol. The first kappa shape index (κ1) is 23.2. The minimum Gasteiger partial charge on any atom is -0.486 e. The van der Waals surface area contributed by atoms with Crippen LogP contribution in [0.1, 0.15) is 37.3 Å². The first-order valence-electron chi connectivity index (χ1n) is 9.71. The van der Waals surface area contributed by atoms with E-state index in [0.29, 0.717) is 35.8 Å². The lowest BCUT2D eigenvalue weighted by molar-refractivity contribution is 0.0282. The van der Waals surface area contributed by atoms with Gasteiger partial charge in [0.2, 0.25) is 0 Å². The van der Waals surface area contributed by atoms with E-state index in [4.69, 9.17) is 18.5 Å². The van der Waals surface area contributed by atoms with Crippen LogP contribution < -0.4 is 9.47 Å². The number of ether oxygens (including phenoxy) is 2. The van der Waals surface area contributed by atoms with Crippen LogP contribution in [0, 0.1) is 0 Å². The number of hydrogen-bond acceptors (Lipinski definition) is 5. The lowest BCUT2D eigenvalue weighted by Crippen LogP contribution is -2.24. The fourth-order valence-corrected chi connectivity index (χ4v) is 5.13. The molecule has 0 aliphatic carbocycles. The van der Waals surface area contributed by atoms with Crippen LogP contribution in [-0.2, 0) is 13.6 Å². The predicted octanol–water partition coefficient (Wildman–Crippen LogP) is 6.60. The molecule has 1 unspecified atom stereocenters. The molecule has 0 spiro atoms. The van der Waals surface area contributed by atoms with E-state index in [1.165, 1.54) is 13.8 Å². The van der Waals surface area contributed by atoms with Crippen molar-refractivity contribution in [2.45, 2.75) is 31.8 Å². The molecule has 2 aromatic rings. The van der Waals surface area contributed by atoms with Crippen LogP contribution in [0.3, 0.4) is 0 Å². The number of alkyl halides is 2. The fraction of sp³-hybridized carbons (Fsp3) is 0.429. The Labute approximate surface area is 183 Å². The predicted molar refractivity (Wildman–Crippen MR) is 114 cm³/mol. The first-order valence-corrected chi connectivity index (χ1v) is 12.0. The Bertz CT molecular complexity index is 897. The molecule has 0 fully saturated rings. The van der Waals surface area contributed by atoms with Crippen LogP contribution >= 0.6 is 23.5 Å². The molecule has 0 aromatic heterocycles. The van der Waals surface area contributed by atoms with Crippen LogP contribution in [0.4, 0.5) is 8.78 Å². The van der Waals surface area contributed by atoms with E-state index in [2.05, 4.69) is 15.9 Å². The lowest BCUT2D eigenvalue weighted by Gasteiger charge is -2.30. The summed E-state index contributed by atoms with van der Waals surface area (Å²) >= 11 is 3.37. The zero-order valence-corrected chi connectivity index (χ0v) is 19.3. The zero-order chi connectivity index (χ0) is 21.8. The summed E-state index contributed by atoms with van der Waals surface area (Å²) < 4.78 is 65.4. The van der Waals surface area contributed by atoms with Gasteiger partial charge in [-0.2, -0.15) is 8.78 Å². The second-order valence-corrected chi connectivity index (χ2v) is 9.79. The smallest absolute Gasteiger partial charge is 0.399 e. The molecule has 30 heavy (non-hydrogen) atoms. The minimum absolute atomic E-state index is 0.139. The van der Waals surface area contributed by atoms with Crippen LogP contribution in [0.25, 0.3) is 0 Å². The normalized spacial score (nSPS) is 15.1. The molecule has 5 nitrogen and oxygen atoms in total. The number of benzene rings is 2. The highest BCUT2D eigenvalue weighted by molar-refractivity contribution is 9.10. The zero-order valence-electron chi connectivity index (χ0n) is 16.8. The van der Waals surface area contributed by atoms with E-state index in [0.717, 1.165) is 4.47 Å². The van der Waals surface area contributed by atoms with Crippen molar-refractivity contribution in [3.63, 3.8) is 0 Å². The molecule has 0 saturated heterocycles. The Morgan fingerprint density at radius 3 is 2.17 bits per heavy atom. The summed E-state index contributed by atoms with van der Waals surface area (Å²) in [5.74, 6) is 0.306. The summed E-state index contributed by atoms with van der Waals surface area (Å²) in [5.41, 5.74) is -2.45. The van der Waals surface area contributed by atoms with Crippen LogP contribution in [0.15, 0.2) is 46.9 Å². The van der Waals surface area contributed by atoms with Gasteiger partial charge in [-0.1, -0.05) is 34.1 Å². The van der Waals surface area contributed by atoms with Crippen molar-refractivity contribution < 1.29 is 31.9 Å². The van der Waals surface area contributed by atoms with Gasteiger partial charge in [0.25, 0.3) is 0 Å². The van der Waals surface area contributed by atoms with Crippen molar-refractivity contribution in [3.05, 3.63) is 58.1 Å². The molecule has 1 aliphatic rings. The topological polar surface area (TPSA) is 54.0 Å². The molecule has 0 bridgehead atoms. The summed E-state index contributed by atoms with van der Waals surface area (Å²) in [5, 5.41) is 0. The van der Waals surface area contributed by atoms with Gasteiger partial charge in [0.1, 0.15) is 13.2 Å². The molecule has 0 amide bonds. The summed E-state index contributed by atoms with van der Waals surface area (Å²) in [4.78, 5) is 0. The van der Waals surface area contributed by atoms with Gasteiger partial charge >= 0.3 is 13.3 Å². The SMILES string of the molecule is CCOP(=O)(OCC)C(F)(F)CC(c1ccc(Br)cc1)c1ccc2c(c1)OCCO2. The number of halogens is 3. The van der Waals surface area contributed by atoms with Gasteiger partial charge in [-0.05, 0) is 49.2 Å². The number of rotatable bonds is 9. The quantitative estimate of drug-likeness (QED) is 0.360. The molecule has 1 aliphatic heterocycles. The molecule has 164 valence electrons. The molecular formula is C21H24BrF2O5P. The van der Waals surface area contributed by atoms with E-state index in [9.17, 15) is 4.57 Å². The van der Waals surface area contributed by atoms with E-state index >= 15 is 8.78 Å². The average Bonchev–Trinajstić information content (AvgIpc) is 2.73. The maximum Gasteiger partial charge on any atom is 0.399 e. The third-order valence-corrected chi connectivity index (χ3v) is 7.40. The van der Waals surface area contributed by atoms with Gasteiger partial charge in [0, 0.05) is 16.8 Å². The molecule has 3 rings (SSSR count). The highest BCUT2D eigenvalue weighted by atomic mass is 79.9. The minimum atomic E-state index is -4.65. The average molecular weight is 505 g/mol. The molecule has 1 heterocycles. The van der Waals surface area contributed by atoms with Crippen molar-refractivity contribution in [1.29, 1.82) is 0 Å². The lowest BCUT2D eigenvalue weighted by atomic mass is 9.88. The molecule has 9 heteroatoms. The standard InChI is InChI=1S/C21H24BrF2O5P/c1-3-28-30(25,29-4-2)21(23,24)14-18(15-5-8-17(22)9-6-15)16-7-10-19-20(13-16)27-12-11-26-19/h5-10,13,18H,3-4,11-12,14H2,1-2H3. The van der Waals surface area contributed by atoms with Crippen molar-refractivity contribution in [3.8, 4) is 11.5 Å². The Morgan fingerprint density at radius 2 is 1.57 bits per heavy atom. The van der Waals surface area contributed by atoms with E-state index < -0.39 is 25.6 Å². The van der Waals surface area contributed by atoms with Gasteiger partial charge in [-0.15, -0.1) is 0 Å². The van der Waals surface area contributed by atoms with Gasteiger partial charge in [-0.25, -0.2) is 0 Å². The molecule has 1 atom stereocenters. The molecular weight excluding hydrogens is 481 g/mol. The van der Waals surface area contributed by atoms with Crippen LogP contribution in [-0.4, -0.2) is 32.1 Å². The maximum absolute atomic E-state index is 15.3. The summed E-state index contributed by atoms with van der Waals surface area (Å²) in [7, 11) is -4.65. The van der Waals surface area contributed by atoms with Crippen LogP contribution in [0.2, 0.25) is 0 Å². The maximum atomic E-state index is 15.3. The Kier molecular flexibility index (Phi) is 7.56. The van der Waals surface area contributed by atoms with Crippen LogP contribution in [0.5, 0.6) is 11.5 Å². The Balaban J connectivity index is 2.02. The molecule has 2 aromatic carbocycles. The third kappa shape index (κ3) is 5.05. The van der Waals surface area contributed by atoms with E-state index in [1.807, 2.05) is 0 Å². The third-order valence-electron chi connectivity index (χ3n) is 4.69. The molecule has 0 saturated carbocycles.